The summed E-state index contributed by atoms with van der Waals surface area (Å²) >= 11 is 0. The molecule has 0 bridgehead atoms. The lowest BCUT2D eigenvalue weighted by Gasteiger charge is -2.18. The monoisotopic (exact) mass is 266 g/mol. The number of hydrogen-bond acceptors (Lipinski definition) is 4. The highest BCUT2D eigenvalue weighted by Crippen LogP contribution is 2.13. The minimum absolute atomic E-state index is 0.167. The van der Waals surface area contributed by atoms with Crippen molar-refractivity contribution in [3.63, 3.8) is 0 Å². The van der Waals surface area contributed by atoms with E-state index in [0.29, 0.717) is 6.54 Å². The van der Waals surface area contributed by atoms with Crippen LogP contribution in [0.3, 0.4) is 0 Å². The van der Waals surface area contributed by atoms with Crippen LogP contribution in [0.4, 0.5) is 0 Å². The van der Waals surface area contributed by atoms with Gasteiger partial charge < -0.3 is 20.1 Å². The number of nitrogens with one attached hydrogen (secondary N) is 1. The second-order valence-corrected chi connectivity index (χ2v) is 4.42. The van der Waals surface area contributed by atoms with Crippen molar-refractivity contribution in [1.82, 2.24) is 10.2 Å². The van der Waals surface area contributed by atoms with Gasteiger partial charge in [-0.05, 0) is 30.8 Å². The minimum atomic E-state index is 0.167. The van der Waals surface area contributed by atoms with Gasteiger partial charge in [-0.15, -0.1) is 0 Å². The number of rotatable bonds is 10. The molecule has 0 heterocycles. The molecule has 0 saturated heterocycles. The molecule has 0 unspecified atom stereocenters. The van der Waals surface area contributed by atoms with Crippen LogP contribution >= 0.6 is 0 Å². The topological polar surface area (TPSA) is 44.7 Å². The summed E-state index contributed by atoms with van der Waals surface area (Å²) in [5.74, 6) is 0.912. The average Bonchev–Trinajstić information content (AvgIpc) is 2.44. The zero-order valence-electron chi connectivity index (χ0n) is 12.1. The first-order valence-electron chi connectivity index (χ1n) is 7.05. The van der Waals surface area contributed by atoms with Gasteiger partial charge in [-0.1, -0.05) is 26.0 Å². The van der Waals surface area contributed by atoms with Crippen molar-refractivity contribution in [3.05, 3.63) is 29.8 Å². The van der Waals surface area contributed by atoms with E-state index in [9.17, 15) is 0 Å². The van der Waals surface area contributed by atoms with Gasteiger partial charge in [0.2, 0.25) is 0 Å². The molecule has 2 N–H and O–H groups in total. The van der Waals surface area contributed by atoms with E-state index in [1.165, 1.54) is 5.56 Å². The summed E-state index contributed by atoms with van der Waals surface area (Å²) in [5, 5.41) is 11.9. The predicted octanol–water partition coefficient (Wildman–Crippen LogP) is 1.49. The van der Waals surface area contributed by atoms with Crippen molar-refractivity contribution >= 4 is 0 Å². The van der Waals surface area contributed by atoms with Crippen molar-refractivity contribution in [2.45, 2.75) is 20.4 Å². The van der Waals surface area contributed by atoms with Crippen LogP contribution in [0.25, 0.3) is 0 Å². The number of aliphatic hydroxyl groups is 1. The lowest BCUT2D eigenvalue weighted by molar-refractivity contribution is 0.222. The van der Waals surface area contributed by atoms with E-state index in [-0.39, 0.29) is 6.61 Å². The SMILES string of the molecule is CCN(CC)CCOc1cccc(CNCCO)c1. The predicted molar refractivity (Wildman–Crippen MR) is 78.5 cm³/mol. The molecular formula is C15H26N2O2. The maximum absolute atomic E-state index is 8.72. The molecule has 4 nitrogen and oxygen atoms in total. The minimum Gasteiger partial charge on any atom is -0.492 e. The maximum Gasteiger partial charge on any atom is 0.119 e. The quantitative estimate of drug-likeness (QED) is 0.630. The molecule has 0 atom stereocenters. The lowest BCUT2D eigenvalue weighted by atomic mass is 10.2. The van der Waals surface area contributed by atoms with Gasteiger partial charge in [0.15, 0.2) is 0 Å². The molecular weight excluding hydrogens is 240 g/mol. The molecule has 0 amide bonds. The first-order valence-corrected chi connectivity index (χ1v) is 7.05. The summed E-state index contributed by atoms with van der Waals surface area (Å²) in [7, 11) is 0. The smallest absolute Gasteiger partial charge is 0.119 e. The second-order valence-electron chi connectivity index (χ2n) is 4.42. The summed E-state index contributed by atoms with van der Waals surface area (Å²) < 4.78 is 5.77. The van der Waals surface area contributed by atoms with Gasteiger partial charge in [0.25, 0.3) is 0 Å². The molecule has 0 fully saturated rings. The fourth-order valence-corrected chi connectivity index (χ4v) is 1.89. The largest absolute Gasteiger partial charge is 0.492 e. The molecule has 0 radical (unpaired) electrons. The Labute approximate surface area is 116 Å². The maximum atomic E-state index is 8.72. The van der Waals surface area contributed by atoms with E-state index in [1.54, 1.807) is 0 Å². The third-order valence-electron chi connectivity index (χ3n) is 3.09. The Morgan fingerprint density at radius 3 is 2.74 bits per heavy atom. The van der Waals surface area contributed by atoms with Crippen molar-refractivity contribution in [2.24, 2.45) is 0 Å². The number of hydrogen-bond donors (Lipinski definition) is 2. The number of nitrogens with zero attached hydrogens (tertiary/aromatic N) is 1. The summed E-state index contributed by atoms with van der Waals surface area (Å²) in [4.78, 5) is 2.34. The first kappa shape index (κ1) is 16.0. The van der Waals surface area contributed by atoms with Crippen LogP contribution in [0.15, 0.2) is 24.3 Å². The Balaban J connectivity index is 2.35. The molecule has 1 aromatic carbocycles. The van der Waals surface area contributed by atoms with Crippen molar-refractivity contribution in [1.29, 1.82) is 0 Å². The fourth-order valence-electron chi connectivity index (χ4n) is 1.89. The van der Waals surface area contributed by atoms with E-state index in [1.807, 2.05) is 18.2 Å². The molecule has 0 spiro atoms. The standard InChI is InChI=1S/C15H26N2O2/c1-3-17(4-2)9-11-19-15-7-5-6-14(12-15)13-16-8-10-18/h5-7,12,16,18H,3-4,8-11,13H2,1-2H3. The molecule has 0 aliphatic carbocycles. The zero-order chi connectivity index (χ0) is 13.9. The van der Waals surface area contributed by atoms with Crippen LogP contribution in [0.2, 0.25) is 0 Å². The molecule has 0 aromatic heterocycles. The van der Waals surface area contributed by atoms with E-state index in [2.05, 4.69) is 30.1 Å². The van der Waals surface area contributed by atoms with Crippen molar-refractivity contribution in [3.8, 4) is 5.75 Å². The molecule has 4 heteroatoms. The van der Waals surface area contributed by atoms with Crippen LogP contribution < -0.4 is 10.1 Å². The number of aliphatic hydroxyl groups excluding tert-OH is 1. The van der Waals surface area contributed by atoms with Gasteiger partial charge in [0.1, 0.15) is 12.4 Å². The van der Waals surface area contributed by atoms with Crippen LogP contribution in [0, 0.1) is 0 Å². The Morgan fingerprint density at radius 2 is 2.05 bits per heavy atom. The Kier molecular flexibility index (Phi) is 8.21. The molecule has 108 valence electrons. The normalized spacial score (nSPS) is 10.9. The summed E-state index contributed by atoms with van der Waals surface area (Å²) in [6, 6.07) is 8.09. The fraction of sp³-hybridized carbons (Fsp3) is 0.600. The summed E-state index contributed by atoms with van der Waals surface area (Å²) in [6.45, 7) is 9.67. The van der Waals surface area contributed by atoms with Crippen molar-refractivity contribution < 1.29 is 9.84 Å². The van der Waals surface area contributed by atoms with Crippen LogP contribution in [-0.2, 0) is 6.54 Å². The Morgan fingerprint density at radius 1 is 1.26 bits per heavy atom. The van der Waals surface area contributed by atoms with Crippen LogP contribution in [-0.4, -0.2) is 49.4 Å². The average molecular weight is 266 g/mol. The van der Waals surface area contributed by atoms with Gasteiger partial charge in [0, 0.05) is 19.6 Å². The molecule has 19 heavy (non-hydrogen) atoms. The van der Waals surface area contributed by atoms with E-state index in [4.69, 9.17) is 9.84 Å². The molecule has 0 aliphatic rings. The Bertz CT molecular complexity index is 341. The molecule has 0 saturated carbocycles. The second kappa shape index (κ2) is 9.78. The van der Waals surface area contributed by atoms with Gasteiger partial charge in [-0.3, -0.25) is 0 Å². The summed E-state index contributed by atoms with van der Waals surface area (Å²) in [5.41, 5.74) is 1.17. The Hall–Kier alpha value is -1.10. The molecule has 1 aromatic rings. The highest BCUT2D eigenvalue weighted by atomic mass is 16.5. The van der Waals surface area contributed by atoms with Gasteiger partial charge >= 0.3 is 0 Å². The van der Waals surface area contributed by atoms with Gasteiger partial charge in [-0.25, -0.2) is 0 Å². The van der Waals surface area contributed by atoms with Crippen molar-refractivity contribution in [2.75, 3.05) is 39.4 Å². The van der Waals surface area contributed by atoms with Gasteiger partial charge in [-0.2, -0.15) is 0 Å². The van der Waals surface area contributed by atoms with Crippen LogP contribution in [0.1, 0.15) is 19.4 Å². The third kappa shape index (κ3) is 6.57. The highest BCUT2D eigenvalue weighted by molar-refractivity contribution is 5.28. The zero-order valence-corrected chi connectivity index (χ0v) is 12.1. The highest BCUT2D eigenvalue weighted by Gasteiger charge is 2.00. The number of likely N-dealkylation sites (N-methyl/N-ethyl adjacent to an activating group) is 1. The third-order valence-corrected chi connectivity index (χ3v) is 3.09. The molecule has 1 rings (SSSR count). The number of ether oxygens (including phenoxy) is 1. The molecule has 0 aliphatic heterocycles. The van der Waals surface area contributed by atoms with E-state index >= 15 is 0 Å². The summed E-state index contributed by atoms with van der Waals surface area (Å²) in [6.07, 6.45) is 0. The van der Waals surface area contributed by atoms with E-state index in [0.717, 1.165) is 38.5 Å². The van der Waals surface area contributed by atoms with E-state index < -0.39 is 0 Å². The first-order chi connectivity index (χ1) is 9.30. The lowest BCUT2D eigenvalue weighted by Crippen LogP contribution is -2.27. The van der Waals surface area contributed by atoms with Crippen LogP contribution in [0.5, 0.6) is 5.75 Å². The van der Waals surface area contributed by atoms with Gasteiger partial charge in [0.05, 0.1) is 6.61 Å². The number of benzene rings is 1.